The van der Waals surface area contributed by atoms with Crippen LogP contribution in [0.15, 0.2) is 47.4 Å². The number of halogens is 1. The lowest BCUT2D eigenvalue weighted by molar-refractivity contribution is -0.151. The van der Waals surface area contributed by atoms with Crippen LogP contribution >= 0.6 is 11.6 Å². The van der Waals surface area contributed by atoms with E-state index in [1.165, 1.54) is 22.5 Å². The SMILES string of the molecule is CCc1ccccc1N1CC(C(=O)OCC(=O)Nc2cc(S(=O)(=O)N3CCCCC3)ccc2Cl)CC1=O. The number of carbonyl (C=O) groups excluding carboxylic acids is 3. The maximum atomic E-state index is 13.0. The first-order valence-corrected chi connectivity index (χ1v) is 14.2. The molecule has 2 saturated heterocycles. The molecule has 0 saturated carbocycles. The van der Waals surface area contributed by atoms with Crippen molar-refractivity contribution in [1.29, 1.82) is 0 Å². The number of esters is 1. The number of anilines is 2. The Balaban J connectivity index is 1.35. The Hall–Kier alpha value is -2.95. The number of ether oxygens (including phenoxy) is 1. The van der Waals surface area contributed by atoms with E-state index in [-0.39, 0.29) is 34.5 Å². The highest BCUT2D eigenvalue weighted by molar-refractivity contribution is 7.89. The summed E-state index contributed by atoms with van der Waals surface area (Å²) in [6.07, 6.45) is 3.35. The minimum absolute atomic E-state index is 0.000728. The van der Waals surface area contributed by atoms with E-state index in [2.05, 4.69) is 5.32 Å². The van der Waals surface area contributed by atoms with Crippen molar-refractivity contribution in [3.8, 4) is 0 Å². The lowest BCUT2D eigenvalue weighted by atomic mass is 10.1. The summed E-state index contributed by atoms with van der Waals surface area (Å²) in [5.74, 6) is -2.18. The molecule has 2 aromatic rings. The van der Waals surface area contributed by atoms with Gasteiger partial charge in [0, 0.05) is 31.7 Å². The fraction of sp³-hybridized carbons (Fsp3) is 0.423. The molecular weight excluding hydrogens is 518 g/mol. The molecule has 0 radical (unpaired) electrons. The molecule has 0 aliphatic carbocycles. The van der Waals surface area contributed by atoms with Crippen molar-refractivity contribution in [2.45, 2.75) is 43.9 Å². The van der Waals surface area contributed by atoms with Crippen LogP contribution in [0.1, 0.15) is 38.2 Å². The molecule has 0 spiro atoms. The highest BCUT2D eigenvalue weighted by atomic mass is 35.5. The first-order valence-electron chi connectivity index (χ1n) is 12.3. The predicted octanol–water partition coefficient (Wildman–Crippen LogP) is 3.61. The molecule has 2 aromatic carbocycles. The zero-order chi connectivity index (χ0) is 26.6. The maximum absolute atomic E-state index is 13.0. The monoisotopic (exact) mass is 547 g/mol. The van der Waals surface area contributed by atoms with Gasteiger partial charge in [-0.1, -0.05) is 43.1 Å². The molecule has 0 aromatic heterocycles. The van der Waals surface area contributed by atoms with Crippen LogP contribution in [0, 0.1) is 5.92 Å². The Morgan fingerprint density at radius 3 is 2.57 bits per heavy atom. The van der Waals surface area contributed by atoms with Crippen LogP contribution in [0.2, 0.25) is 5.02 Å². The summed E-state index contributed by atoms with van der Waals surface area (Å²) >= 11 is 6.18. The molecule has 2 aliphatic rings. The lowest BCUT2D eigenvalue weighted by Crippen LogP contribution is -2.35. The van der Waals surface area contributed by atoms with Gasteiger partial charge in [-0.05, 0) is 49.1 Å². The van der Waals surface area contributed by atoms with Crippen LogP contribution in [0.3, 0.4) is 0 Å². The number of nitrogens with zero attached hydrogens (tertiary/aromatic N) is 2. The number of hydrogen-bond acceptors (Lipinski definition) is 6. The number of rotatable bonds is 8. The average Bonchev–Trinajstić information content (AvgIpc) is 3.30. The Kier molecular flexibility index (Phi) is 8.51. The zero-order valence-corrected chi connectivity index (χ0v) is 22.2. The molecule has 2 fully saturated rings. The summed E-state index contributed by atoms with van der Waals surface area (Å²) in [7, 11) is -3.71. The van der Waals surface area contributed by atoms with Gasteiger partial charge in [-0.15, -0.1) is 0 Å². The van der Waals surface area contributed by atoms with E-state index >= 15 is 0 Å². The molecule has 1 N–H and O–H groups in total. The first-order chi connectivity index (χ1) is 17.7. The van der Waals surface area contributed by atoms with E-state index in [1.54, 1.807) is 4.90 Å². The van der Waals surface area contributed by atoms with Crippen molar-refractivity contribution < 1.29 is 27.5 Å². The molecule has 4 rings (SSSR count). The van der Waals surface area contributed by atoms with Gasteiger partial charge in [-0.3, -0.25) is 14.4 Å². The molecular formula is C26H30ClN3O6S. The number of sulfonamides is 1. The molecule has 2 amide bonds. The van der Waals surface area contributed by atoms with Crippen molar-refractivity contribution >= 4 is 50.8 Å². The van der Waals surface area contributed by atoms with Crippen molar-refractivity contribution in [1.82, 2.24) is 4.31 Å². The number of amides is 2. The standard InChI is InChI=1S/C26H30ClN3O6S/c1-2-18-8-4-5-9-23(18)30-16-19(14-25(30)32)26(33)36-17-24(31)28-22-15-20(10-11-21(22)27)37(34,35)29-12-6-3-7-13-29/h4-5,8-11,15,19H,2-3,6-7,12-14,16-17H2,1H3,(H,28,31). The third-order valence-electron chi connectivity index (χ3n) is 6.63. The maximum Gasteiger partial charge on any atom is 0.311 e. The minimum atomic E-state index is -3.71. The smallest absolute Gasteiger partial charge is 0.311 e. The van der Waals surface area contributed by atoms with Gasteiger partial charge >= 0.3 is 5.97 Å². The Labute approximate surface area is 221 Å². The third kappa shape index (κ3) is 6.14. The fourth-order valence-electron chi connectivity index (χ4n) is 4.63. The van der Waals surface area contributed by atoms with Crippen LogP contribution in [0.5, 0.6) is 0 Å². The van der Waals surface area contributed by atoms with Crippen molar-refractivity contribution in [2.24, 2.45) is 5.92 Å². The van der Waals surface area contributed by atoms with Gasteiger partial charge in [-0.2, -0.15) is 4.31 Å². The number of piperidine rings is 1. The van der Waals surface area contributed by atoms with E-state index in [1.807, 2.05) is 31.2 Å². The quantitative estimate of drug-likeness (QED) is 0.505. The van der Waals surface area contributed by atoms with Crippen LogP contribution in [0.4, 0.5) is 11.4 Å². The Morgan fingerprint density at radius 1 is 1.11 bits per heavy atom. The van der Waals surface area contributed by atoms with Crippen LogP contribution in [0.25, 0.3) is 0 Å². The van der Waals surface area contributed by atoms with Gasteiger partial charge in [0.25, 0.3) is 5.91 Å². The Morgan fingerprint density at radius 2 is 1.84 bits per heavy atom. The van der Waals surface area contributed by atoms with E-state index in [4.69, 9.17) is 16.3 Å². The number of benzene rings is 2. The van der Waals surface area contributed by atoms with E-state index in [0.29, 0.717) is 13.1 Å². The molecule has 1 atom stereocenters. The van der Waals surface area contributed by atoms with Gasteiger partial charge < -0.3 is 15.0 Å². The van der Waals surface area contributed by atoms with Crippen LogP contribution < -0.4 is 10.2 Å². The first kappa shape index (κ1) is 27.1. The lowest BCUT2D eigenvalue weighted by Gasteiger charge is -2.26. The second-order valence-electron chi connectivity index (χ2n) is 9.15. The number of carbonyl (C=O) groups is 3. The normalized spacial score (nSPS) is 18.6. The summed E-state index contributed by atoms with van der Waals surface area (Å²) in [5, 5.41) is 2.68. The molecule has 11 heteroatoms. The van der Waals surface area contributed by atoms with Gasteiger partial charge in [0.1, 0.15) is 0 Å². The largest absolute Gasteiger partial charge is 0.455 e. The fourth-order valence-corrected chi connectivity index (χ4v) is 6.34. The van der Waals surface area contributed by atoms with Gasteiger partial charge in [0.05, 0.1) is 21.5 Å². The summed E-state index contributed by atoms with van der Waals surface area (Å²) in [6, 6.07) is 11.7. The number of nitrogens with one attached hydrogen (secondary N) is 1. The van der Waals surface area contributed by atoms with Gasteiger partial charge in [0.2, 0.25) is 15.9 Å². The zero-order valence-electron chi connectivity index (χ0n) is 20.6. The van der Waals surface area contributed by atoms with E-state index < -0.39 is 34.4 Å². The third-order valence-corrected chi connectivity index (χ3v) is 8.86. The highest BCUT2D eigenvalue weighted by Gasteiger charge is 2.37. The highest BCUT2D eigenvalue weighted by Crippen LogP contribution is 2.30. The number of aryl methyl sites for hydroxylation is 1. The van der Waals surface area contributed by atoms with Gasteiger partial charge in [-0.25, -0.2) is 8.42 Å². The van der Waals surface area contributed by atoms with Crippen molar-refractivity contribution in [3.63, 3.8) is 0 Å². The predicted molar refractivity (Wildman–Crippen MR) is 140 cm³/mol. The average molecular weight is 548 g/mol. The second kappa shape index (κ2) is 11.6. The molecule has 2 aliphatic heterocycles. The van der Waals surface area contributed by atoms with Gasteiger partial charge in [0.15, 0.2) is 6.61 Å². The summed E-state index contributed by atoms with van der Waals surface area (Å²) in [6.45, 7) is 2.49. The molecule has 198 valence electrons. The summed E-state index contributed by atoms with van der Waals surface area (Å²) < 4.78 is 32.5. The summed E-state index contributed by atoms with van der Waals surface area (Å²) in [5.41, 5.74) is 1.89. The van der Waals surface area contributed by atoms with E-state index in [0.717, 1.165) is 36.9 Å². The molecule has 2 heterocycles. The summed E-state index contributed by atoms with van der Waals surface area (Å²) in [4.78, 5) is 39.3. The number of hydrogen-bond donors (Lipinski definition) is 1. The minimum Gasteiger partial charge on any atom is -0.455 e. The Bertz CT molecular complexity index is 1290. The molecule has 37 heavy (non-hydrogen) atoms. The topological polar surface area (TPSA) is 113 Å². The molecule has 9 nitrogen and oxygen atoms in total. The van der Waals surface area contributed by atoms with Crippen LogP contribution in [-0.2, 0) is 35.6 Å². The molecule has 0 bridgehead atoms. The van der Waals surface area contributed by atoms with E-state index in [9.17, 15) is 22.8 Å². The second-order valence-corrected chi connectivity index (χ2v) is 11.5. The van der Waals surface area contributed by atoms with Crippen molar-refractivity contribution in [3.05, 3.63) is 53.1 Å². The number of para-hydroxylation sites is 1. The molecule has 1 unspecified atom stereocenters. The van der Waals surface area contributed by atoms with Crippen LogP contribution in [-0.4, -0.2) is 56.7 Å². The van der Waals surface area contributed by atoms with Crippen molar-refractivity contribution in [2.75, 3.05) is 36.5 Å².